The minimum atomic E-state index is 0.155. The fourth-order valence-corrected chi connectivity index (χ4v) is 4.25. The first-order chi connectivity index (χ1) is 12.3. The van der Waals surface area contributed by atoms with E-state index in [1.54, 1.807) is 6.33 Å². The molecule has 5 rings (SSSR count). The average molecular weight is 333 g/mol. The van der Waals surface area contributed by atoms with Gasteiger partial charge in [-0.1, -0.05) is 18.2 Å². The molecule has 0 unspecified atom stereocenters. The number of hydrogen-bond donors (Lipinski definition) is 1. The van der Waals surface area contributed by atoms with E-state index in [1.807, 2.05) is 42.6 Å². The Balaban J connectivity index is 1.44. The zero-order valence-electron chi connectivity index (χ0n) is 13.8. The molecule has 1 N–H and O–H groups in total. The molecule has 2 aromatic heterocycles. The van der Waals surface area contributed by atoms with Crippen LogP contribution >= 0.6 is 0 Å². The molecule has 2 saturated heterocycles. The van der Waals surface area contributed by atoms with Crippen molar-refractivity contribution in [3.63, 3.8) is 0 Å². The SMILES string of the molecule is O=C(c1ccccc1)N1[C@@H]2CC[C@H]1CN(c1ncnc3[nH]ccc13)C2. The van der Waals surface area contributed by atoms with Gasteiger partial charge >= 0.3 is 0 Å². The topological polar surface area (TPSA) is 65.1 Å². The summed E-state index contributed by atoms with van der Waals surface area (Å²) in [6.45, 7) is 1.65. The fraction of sp³-hybridized carbons (Fsp3) is 0.316. The van der Waals surface area contributed by atoms with Gasteiger partial charge in [0.2, 0.25) is 0 Å². The van der Waals surface area contributed by atoms with Crippen LogP contribution in [0.4, 0.5) is 5.82 Å². The van der Waals surface area contributed by atoms with Crippen LogP contribution < -0.4 is 4.90 Å². The number of nitrogens with zero attached hydrogens (tertiary/aromatic N) is 4. The first-order valence-electron chi connectivity index (χ1n) is 8.72. The first-order valence-corrected chi connectivity index (χ1v) is 8.72. The number of piperazine rings is 1. The summed E-state index contributed by atoms with van der Waals surface area (Å²) in [4.78, 5) is 29.3. The number of amides is 1. The molecule has 0 aliphatic carbocycles. The average Bonchev–Trinajstić information content (AvgIpc) is 3.23. The lowest BCUT2D eigenvalue weighted by atomic mass is 10.1. The third kappa shape index (κ3) is 2.28. The molecule has 25 heavy (non-hydrogen) atoms. The second-order valence-electron chi connectivity index (χ2n) is 6.81. The van der Waals surface area contributed by atoms with Crippen LogP contribution in [0.5, 0.6) is 0 Å². The monoisotopic (exact) mass is 333 g/mol. The Kier molecular flexibility index (Phi) is 3.23. The second-order valence-corrected chi connectivity index (χ2v) is 6.81. The molecular weight excluding hydrogens is 314 g/mol. The van der Waals surface area contributed by atoms with Crippen LogP contribution in [0.15, 0.2) is 48.9 Å². The van der Waals surface area contributed by atoms with E-state index >= 15 is 0 Å². The second kappa shape index (κ2) is 5.58. The number of rotatable bonds is 2. The van der Waals surface area contributed by atoms with Crippen LogP contribution in [0.2, 0.25) is 0 Å². The molecule has 2 atom stereocenters. The van der Waals surface area contributed by atoms with E-state index in [0.29, 0.717) is 0 Å². The Bertz CT molecular complexity index is 908. The molecule has 2 fully saturated rings. The molecule has 0 radical (unpaired) electrons. The van der Waals surface area contributed by atoms with Gasteiger partial charge in [0.05, 0.1) is 17.5 Å². The molecule has 2 aliphatic heterocycles. The van der Waals surface area contributed by atoms with Gasteiger partial charge in [-0.3, -0.25) is 4.79 Å². The van der Waals surface area contributed by atoms with Crippen molar-refractivity contribution in [1.29, 1.82) is 0 Å². The molecule has 2 aliphatic rings. The Hall–Kier alpha value is -2.89. The molecule has 3 aromatic rings. The minimum Gasteiger partial charge on any atom is -0.352 e. The van der Waals surface area contributed by atoms with Gasteiger partial charge < -0.3 is 14.8 Å². The highest BCUT2D eigenvalue weighted by molar-refractivity contribution is 5.95. The predicted octanol–water partition coefficient (Wildman–Crippen LogP) is 2.45. The fourth-order valence-electron chi connectivity index (χ4n) is 4.25. The van der Waals surface area contributed by atoms with Gasteiger partial charge in [0.15, 0.2) is 0 Å². The number of nitrogens with one attached hydrogen (secondary N) is 1. The number of aromatic amines is 1. The number of carbonyl (C=O) groups excluding carboxylic acids is 1. The zero-order chi connectivity index (χ0) is 16.8. The lowest BCUT2D eigenvalue weighted by molar-refractivity contribution is 0.0641. The van der Waals surface area contributed by atoms with Crippen molar-refractivity contribution in [3.8, 4) is 0 Å². The van der Waals surface area contributed by atoms with E-state index in [9.17, 15) is 4.79 Å². The number of carbonyl (C=O) groups is 1. The summed E-state index contributed by atoms with van der Waals surface area (Å²) in [5, 5.41) is 1.05. The first kappa shape index (κ1) is 14.5. The van der Waals surface area contributed by atoms with Gasteiger partial charge in [-0.25, -0.2) is 9.97 Å². The third-order valence-electron chi connectivity index (χ3n) is 5.37. The van der Waals surface area contributed by atoms with E-state index in [-0.39, 0.29) is 18.0 Å². The van der Waals surface area contributed by atoms with Gasteiger partial charge in [-0.05, 0) is 31.0 Å². The third-order valence-corrected chi connectivity index (χ3v) is 5.37. The molecule has 0 spiro atoms. The molecule has 6 heteroatoms. The molecule has 2 bridgehead atoms. The van der Waals surface area contributed by atoms with Gasteiger partial charge in [0.25, 0.3) is 5.91 Å². The maximum atomic E-state index is 13.0. The minimum absolute atomic E-state index is 0.155. The summed E-state index contributed by atoms with van der Waals surface area (Å²) in [7, 11) is 0. The van der Waals surface area contributed by atoms with Crippen molar-refractivity contribution in [3.05, 3.63) is 54.5 Å². The summed E-state index contributed by atoms with van der Waals surface area (Å²) in [6, 6.07) is 12.1. The highest BCUT2D eigenvalue weighted by atomic mass is 16.2. The Morgan fingerprint density at radius 2 is 1.80 bits per heavy atom. The molecule has 1 aromatic carbocycles. The molecule has 0 saturated carbocycles. The number of anilines is 1. The highest BCUT2D eigenvalue weighted by Gasteiger charge is 2.43. The van der Waals surface area contributed by atoms with Gasteiger partial charge in [0, 0.05) is 24.8 Å². The number of benzene rings is 1. The number of H-pyrrole nitrogens is 1. The standard InChI is InChI=1S/C19H19N5O/c25-19(13-4-2-1-3-5-13)24-14-6-7-15(24)11-23(10-14)18-16-8-9-20-17(16)21-12-22-18/h1-5,8-9,12,14-15H,6-7,10-11H2,(H,20,21,22)/t14-,15+. The Morgan fingerprint density at radius 1 is 1.04 bits per heavy atom. The molecule has 4 heterocycles. The van der Waals surface area contributed by atoms with E-state index in [4.69, 9.17) is 0 Å². The predicted molar refractivity (Wildman–Crippen MR) is 95.5 cm³/mol. The molecule has 126 valence electrons. The van der Waals surface area contributed by atoms with Crippen molar-refractivity contribution in [2.45, 2.75) is 24.9 Å². The van der Waals surface area contributed by atoms with Crippen LogP contribution in [0, 0.1) is 0 Å². The lowest BCUT2D eigenvalue weighted by Crippen LogP contribution is -2.56. The smallest absolute Gasteiger partial charge is 0.254 e. The maximum Gasteiger partial charge on any atom is 0.254 e. The van der Waals surface area contributed by atoms with E-state index in [2.05, 4.69) is 24.8 Å². The normalized spacial score (nSPS) is 22.6. The highest BCUT2D eigenvalue weighted by Crippen LogP contribution is 2.34. The van der Waals surface area contributed by atoms with Gasteiger partial charge in [0.1, 0.15) is 17.8 Å². The molecular formula is C19H19N5O. The summed E-state index contributed by atoms with van der Waals surface area (Å²) in [5.41, 5.74) is 1.64. The summed E-state index contributed by atoms with van der Waals surface area (Å²) >= 11 is 0. The number of hydrogen-bond acceptors (Lipinski definition) is 4. The molecule has 6 nitrogen and oxygen atoms in total. The van der Waals surface area contributed by atoms with Crippen molar-refractivity contribution < 1.29 is 4.79 Å². The number of fused-ring (bicyclic) bond motifs is 3. The van der Waals surface area contributed by atoms with Crippen molar-refractivity contribution >= 4 is 22.8 Å². The van der Waals surface area contributed by atoms with Crippen LogP contribution in [-0.4, -0.2) is 50.9 Å². The summed E-state index contributed by atoms with van der Waals surface area (Å²) in [6.07, 6.45) is 5.62. The van der Waals surface area contributed by atoms with Gasteiger partial charge in [-0.15, -0.1) is 0 Å². The van der Waals surface area contributed by atoms with Gasteiger partial charge in [-0.2, -0.15) is 0 Å². The van der Waals surface area contributed by atoms with E-state index < -0.39 is 0 Å². The van der Waals surface area contributed by atoms with Crippen molar-refractivity contribution in [1.82, 2.24) is 19.9 Å². The van der Waals surface area contributed by atoms with Crippen LogP contribution in [0.3, 0.4) is 0 Å². The van der Waals surface area contributed by atoms with E-state index in [1.165, 1.54) is 0 Å². The lowest BCUT2D eigenvalue weighted by Gasteiger charge is -2.41. The maximum absolute atomic E-state index is 13.0. The van der Waals surface area contributed by atoms with Crippen LogP contribution in [0.25, 0.3) is 11.0 Å². The number of aromatic nitrogens is 3. The largest absolute Gasteiger partial charge is 0.352 e. The Morgan fingerprint density at radius 3 is 2.56 bits per heavy atom. The van der Waals surface area contributed by atoms with Crippen molar-refractivity contribution in [2.24, 2.45) is 0 Å². The Labute approximate surface area is 145 Å². The molecule has 1 amide bonds. The zero-order valence-corrected chi connectivity index (χ0v) is 13.8. The van der Waals surface area contributed by atoms with E-state index in [0.717, 1.165) is 48.3 Å². The van der Waals surface area contributed by atoms with Crippen LogP contribution in [0.1, 0.15) is 23.2 Å². The van der Waals surface area contributed by atoms with Crippen molar-refractivity contribution in [2.75, 3.05) is 18.0 Å². The summed E-state index contributed by atoms with van der Waals surface area (Å²) in [5.74, 6) is 1.12. The van der Waals surface area contributed by atoms with Crippen LogP contribution in [-0.2, 0) is 0 Å². The summed E-state index contributed by atoms with van der Waals surface area (Å²) < 4.78 is 0. The quantitative estimate of drug-likeness (QED) is 0.782.